The van der Waals surface area contributed by atoms with Crippen LogP contribution in [0.3, 0.4) is 0 Å². The third kappa shape index (κ3) is 2.68. The quantitative estimate of drug-likeness (QED) is 0.888. The minimum atomic E-state index is 0.367. The van der Waals surface area contributed by atoms with Crippen molar-refractivity contribution in [2.24, 2.45) is 5.73 Å². The summed E-state index contributed by atoms with van der Waals surface area (Å²) in [6.07, 6.45) is 3.84. The number of rotatable bonds is 4. The molecule has 0 saturated carbocycles. The van der Waals surface area contributed by atoms with E-state index in [4.69, 9.17) is 10.5 Å². The van der Waals surface area contributed by atoms with Gasteiger partial charge in [-0.05, 0) is 32.5 Å². The van der Waals surface area contributed by atoms with Gasteiger partial charge < -0.3 is 15.4 Å². The molecular weight excluding hydrogens is 224 g/mol. The Labute approximate surface area is 110 Å². The van der Waals surface area contributed by atoms with Crippen LogP contribution in [0.15, 0.2) is 24.3 Å². The molecule has 0 spiro atoms. The summed E-state index contributed by atoms with van der Waals surface area (Å²) in [6, 6.07) is 8.81. The molecule has 0 amide bonds. The van der Waals surface area contributed by atoms with Gasteiger partial charge in [0.25, 0.3) is 0 Å². The summed E-state index contributed by atoms with van der Waals surface area (Å²) in [5, 5.41) is 0. The molecule has 3 heteroatoms. The molecule has 2 unspecified atom stereocenters. The maximum atomic E-state index is 6.04. The van der Waals surface area contributed by atoms with E-state index in [1.807, 2.05) is 12.1 Å². The maximum absolute atomic E-state index is 6.04. The fraction of sp³-hybridized carbons (Fsp3) is 0.600. The van der Waals surface area contributed by atoms with Crippen LogP contribution in [0.2, 0.25) is 0 Å². The Morgan fingerprint density at radius 2 is 2.17 bits per heavy atom. The molecule has 1 aromatic carbocycles. The van der Waals surface area contributed by atoms with E-state index in [-0.39, 0.29) is 0 Å². The predicted octanol–water partition coefficient (Wildman–Crippen LogP) is 2.22. The molecule has 1 aliphatic rings. The lowest BCUT2D eigenvalue weighted by Gasteiger charge is -2.38. The number of likely N-dealkylation sites (N-methyl/N-ethyl adjacent to an activating group) is 1. The minimum Gasteiger partial charge on any atom is -0.496 e. The summed E-state index contributed by atoms with van der Waals surface area (Å²) in [7, 11) is 3.94. The number of hydrogen-bond acceptors (Lipinski definition) is 3. The molecule has 2 atom stereocenters. The summed E-state index contributed by atoms with van der Waals surface area (Å²) in [6.45, 7) is 1.85. The zero-order valence-corrected chi connectivity index (χ0v) is 11.4. The second kappa shape index (κ2) is 6.21. The van der Waals surface area contributed by atoms with Crippen molar-refractivity contribution in [1.29, 1.82) is 0 Å². The number of nitrogens with two attached hydrogens (primary N) is 1. The Morgan fingerprint density at radius 1 is 1.39 bits per heavy atom. The number of methoxy groups -OCH3 is 1. The Kier molecular flexibility index (Phi) is 4.61. The normalized spacial score (nSPS) is 22.7. The SMILES string of the molecule is COc1ccccc1C(CN)C1CCCCN1C. The zero-order valence-electron chi connectivity index (χ0n) is 11.4. The van der Waals surface area contributed by atoms with Gasteiger partial charge in [-0.2, -0.15) is 0 Å². The average molecular weight is 248 g/mol. The lowest BCUT2D eigenvalue weighted by Crippen LogP contribution is -2.42. The molecule has 3 nitrogen and oxygen atoms in total. The van der Waals surface area contributed by atoms with Crippen molar-refractivity contribution >= 4 is 0 Å². The number of hydrogen-bond donors (Lipinski definition) is 1. The third-order valence-electron chi connectivity index (χ3n) is 4.08. The van der Waals surface area contributed by atoms with Crippen LogP contribution in [0.5, 0.6) is 5.75 Å². The molecule has 1 aromatic rings. The third-order valence-corrected chi connectivity index (χ3v) is 4.08. The Hall–Kier alpha value is -1.06. The molecule has 2 rings (SSSR count). The van der Waals surface area contributed by atoms with Gasteiger partial charge >= 0.3 is 0 Å². The molecule has 1 saturated heterocycles. The van der Waals surface area contributed by atoms with Crippen molar-refractivity contribution in [2.45, 2.75) is 31.2 Å². The highest BCUT2D eigenvalue weighted by atomic mass is 16.5. The van der Waals surface area contributed by atoms with E-state index >= 15 is 0 Å². The first kappa shape index (κ1) is 13.4. The number of piperidine rings is 1. The number of para-hydroxylation sites is 1. The molecule has 100 valence electrons. The second-order valence-electron chi connectivity index (χ2n) is 5.13. The van der Waals surface area contributed by atoms with Crippen molar-refractivity contribution in [3.05, 3.63) is 29.8 Å². The minimum absolute atomic E-state index is 0.367. The monoisotopic (exact) mass is 248 g/mol. The van der Waals surface area contributed by atoms with Gasteiger partial charge in [0.1, 0.15) is 5.75 Å². The summed E-state index contributed by atoms with van der Waals surface area (Å²) >= 11 is 0. The first-order chi connectivity index (χ1) is 8.77. The largest absolute Gasteiger partial charge is 0.496 e. The van der Waals surface area contributed by atoms with Crippen LogP contribution in [0.4, 0.5) is 0 Å². The number of nitrogens with zero attached hydrogens (tertiary/aromatic N) is 1. The molecule has 1 aliphatic heterocycles. The maximum Gasteiger partial charge on any atom is 0.122 e. The number of benzene rings is 1. The van der Waals surface area contributed by atoms with Gasteiger partial charge in [-0.3, -0.25) is 0 Å². The average Bonchev–Trinajstić information content (AvgIpc) is 2.42. The van der Waals surface area contributed by atoms with Crippen LogP contribution in [-0.2, 0) is 0 Å². The van der Waals surface area contributed by atoms with E-state index in [0.29, 0.717) is 18.5 Å². The van der Waals surface area contributed by atoms with Gasteiger partial charge in [-0.15, -0.1) is 0 Å². The van der Waals surface area contributed by atoms with Crippen molar-refractivity contribution in [3.8, 4) is 5.75 Å². The summed E-state index contributed by atoms with van der Waals surface area (Å²) in [5.74, 6) is 1.33. The first-order valence-electron chi connectivity index (χ1n) is 6.81. The topological polar surface area (TPSA) is 38.5 Å². The van der Waals surface area contributed by atoms with Crippen molar-refractivity contribution in [2.75, 3.05) is 27.2 Å². The number of ether oxygens (including phenoxy) is 1. The van der Waals surface area contributed by atoms with Crippen LogP contribution < -0.4 is 10.5 Å². The van der Waals surface area contributed by atoms with Gasteiger partial charge in [0.15, 0.2) is 0 Å². The van der Waals surface area contributed by atoms with Crippen LogP contribution in [0.1, 0.15) is 30.7 Å². The van der Waals surface area contributed by atoms with Crippen LogP contribution in [-0.4, -0.2) is 38.2 Å². The predicted molar refractivity (Wildman–Crippen MR) is 75.1 cm³/mol. The van der Waals surface area contributed by atoms with Crippen LogP contribution in [0, 0.1) is 0 Å². The molecule has 2 N–H and O–H groups in total. The van der Waals surface area contributed by atoms with Gasteiger partial charge in [0.2, 0.25) is 0 Å². The molecule has 1 fully saturated rings. The van der Waals surface area contributed by atoms with Crippen molar-refractivity contribution in [3.63, 3.8) is 0 Å². The van der Waals surface area contributed by atoms with E-state index in [1.54, 1.807) is 7.11 Å². The Morgan fingerprint density at radius 3 is 2.83 bits per heavy atom. The van der Waals surface area contributed by atoms with E-state index in [9.17, 15) is 0 Å². The second-order valence-corrected chi connectivity index (χ2v) is 5.13. The highest BCUT2D eigenvalue weighted by Gasteiger charge is 2.29. The molecule has 0 aromatic heterocycles. The fourth-order valence-corrected chi connectivity index (χ4v) is 3.07. The molecule has 0 radical (unpaired) electrons. The highest BCUT2D eigenvalue weighted by molar-refractivity contribution is 5.37. The van der Waals surface area contributed by atoms with Gasteiger partial charge in [-0.25, -0.2) is 0 Å². The smallest absolute Gasteiger partial charge is 0.122 e. The van der Waals surface area contributed by atoms with Gasteiger partial charge in [0, 0.05) is 24.1 Å². The lowest BCUT2D eigenvalue weighted by atomic mass is 9.85. The standard InChI is InChI=1S/C15H24N2O/c1-17-10-6-5-8-14(17)13(11-16)12-7-3-4-9-15(12)18-2/h3-4,7,9,13-14H,5-6,8,10-11,16H2,1-2H3. The summed E-state index contributed by atoms with van der Waals surface area (Å²) < 4.78 is 5.48. The summed E-state index contributed by atoms with van der Waals surface area (Å²) in [5.41, 5.74) is 7.29. The van der Waals surface area contributed by atoms with Crippen molar-refractivity contribution < 1.29 is 4.74 Å². The Bertz CT molecular complexity index is 381. The lowest BCUT2D eigenvalue weighted by molar-refractivity contribution is 0.159. The highest BCUT2D eigenvalue weighted by Crippen LogP contribution is 2.33. The van der Waals surface area contributed by atoms with E-state index in [2.05, 4.69) is 24.1 Å². The summed E-state index contributed by atoms with van der Waals surface area (Å²) in [4.78, 5) is 2.45. The molecule has 1 heterocycles. The fourth-order valence-electron chi connectivity index (χ4n) is 3.07. The van der Waals surface area contributed by atoms with E-state index in [0.717, 1.165) is 5.75 Å². The molecular formula is C15H24N2O. The molecule has 18 heavy (non-hydrogen) atoms. The zero-order chi connectivity index (χ0) is 13.0. The van der Waals surface area contributed by atoms with E-state index < -0.39 is 0 Å². The van der Waals surface area contributed by atoms with Gasteiger partial charge in [-0.1, -0.05) is 24.6 Å². The van der Waals surface area contributed by atoms with Crippen molar-refractivity contribution in [1.82, 2.24) is 4.90 Å². The number of likely N-dealkylation sites (tertiary alicyclic amines) is 1. The molecule has 0 aliphatic carbocycles. The van der Waals surface area contributed by atoms with Crippen LogP contribution in [0.25, 0.3) is 0 Å². The molecule has 0 bridgehead atoms. The van der Waals surface area contributed by atoms with E-state index in [1.165, 1.54) is 31.4 Å². The van der Waals surface area contributed by atoms with Gasteiger partial charge in [0.05, 0.1) is 7.11 Å². The first-order valence-corrected chi connectivity index (χ1v) is 6.81. The Balaban J connectivity index is 2.26. The van der Waals surface area contributed by atoms with Crippen LogP contribution >= 0.6 is 0 Å².